The molecule has 1 aromatic carbocycles. The molecule has 2 aliphatic heterocycles. The second-order valence-corrected chi connectivity index (χ2v) is 16.1. The Balaban J connectivity index is 0.894. The fourth-order valence-electron chi connectivity index (χ4n) is 11.8. The highest BCUT2D eigenvalue weighted by molar-refractivity contribution is 5.90. The van der Waals surface area contributed by atoms with Crippen LogP contribution in [0.1, 0.15) is 101 Å². The van der Waals surface area contributed by atoms with Crippen molar-refractivity contribution >= 4 is 22.6 Å². The fourth-order valence-corrected chi connectivity index (χ4v) is 11.8. The summed E-state index contributed by atoms with van der Waals surface area (Å²) in [4.78, 5) is 28.1. The molecule has 8 rings (SSSR count). The molecular weight excluding hydrogens is 564 g/mol. The van der Waals surface area contributed by atoms with Gasteiger partial charge in [0.1, 0.15) is 12.2 Å². The number of amides is 1. The van der Waals surface area contributed by atoms with Crippen LogP contribution in [0.15, 0.2) is 21.3 Å². The Labute approximate surface area is 267 Å². The summed E-state index contributed by atoms with van der Waals surface area (Å²) >= 11 is 0. The van der Waals surface area contributed by atoms with Gasteiger partial charge in [0, 0.05) is 42.3 Å². The van der Waals surface area contributed by atoms with Gasteiger partial charge in [0.15, 0.2) is 0 Å². The molecule has 3 heterocycles. The average molecular weight is 617 g/mol. The van der Waals surface area contributed by atoms with Crippen molar-refractivity contribution in [3.8, 4) is 0 Å². The first-order valence-electron chi connectivity index (χ1n) is 18.2. The molecule has 4 aliphatic carbocycles. The van der Waals surface area contributed by atoms with Crippen molar-refractivity contribution in [1.29, 1.82) is 0 Å². The molecule has 1 amide bonds. The van der Waals surface area contributed by atoms with E-state index in [4.69, 9.17) is 9.15 Å². The first-order chi connectivity index (χ1) is 21.7. The Kier molecular flexibility index (Phi) is 7.59. The highest BCUT2D eigenvalue weighted by atomic mass is 16.5. The normalized spacial score (nSPS) is 37.0. The van der Waals surface area contributed by atoms with E-state index >= 15 is 0 Å². The molecule has 8 atom stereocenters. The van der Waals surface area contributed by atoms with Crippen molar-refractivity contribution in [2.45, 2.75) is 116 Å². The van der Waals surface area contributed by atoms with Crippen LogP contribution in [0.3, 0.4) is 0 Å². The minimum atomic E-state index is -0.307. The molecule has 4 fully saturated rings. The van der Waals surface area contributed by atoms with Crippen LogP contribution in [0.2, 0.25) is 0 Å². The number of anilines is 1. The lowest BCUT2D eigenvalue weighted by Gasteiger charge is -2.60. The highest BCUT2D eigenvalue weighted by Crippen LogP contribution is 2.66. The zero-order valence-corrected chi connectivity index (χ0v) is 27.4. The van der Waals surface area contributed by atoms with Crippen LogP contribution in [-0.4, -0.2) is 49.5 Å². The van der Waals surface area contributed by atoms with Gasteiger partial charge in [-0.15, -0.1) is 0 Å². The molecule has 1 aromatic heterocycles. The van der Waals surface area contributed by atoms with Crippen molar-refractivity contribution < 1.29 is 19.1 Å². The van der Waals surface area contributed by atoms with E-state index in [0.29, 0.717) is 30.2 Å². The van der Waals surface area contributed by atoms with Crippen LogP contribution in [0, 0.1) is 34.5 Å². The van der Waals surface area contributed by atoms with Gasteiger partial charge in [0.2, 0.25) is 5.91 Å². The number of carbonyl (C=O) groups is 1. The van der Waals surface area contributed by atoms with Gasteiger partial charge < -0.3 is 24.5 Å². The first-order valence-corrected chi connectivity index (χ1v) is 18.2. The standard InChI is InChI=1S/C38H52N2O5/c1-37-14-11-26(41)21-25(37)7-8-27-30-9-10-32(38(30,2)15-12-31(27)37)44-22-33(42)39-16-13-23-20-34(43)45-36-28-6-4-18-40-17-3-5-24(35(28)40)19-29(23)36/h19-20,25-27,30-32,41H,3-18,21-22H2,1-2H3,(H,39,42)/t25-,26+,27?,30?,31?,32-,37-,38-/m0/s1. The lowest BCUT2D eigenvalue weighted by Crippen LogP contribution is -2.54. The van der Waals surface area contributed by atoms with Crippen LogP contribution in [0.25, 0.3) is 11.0 Å². The van der Waals surface area contributed by atoms with Crippen LogP contribution in [0.5, 0.6) is 0 Å². The summed E-state index contributed by atoms with van der Waals surface area (Å²) in [6, 6.07) is 3.86. The van der Waals surface area contributed by atoms with E-state index in [1.54, 1.807) is 6.07 Å². The molecular formula is C38H52N2O5. The number of aliphatic hydroxyl groups is 1. The molecule has 7 nitrogen and oxygen atoms in total. The monoisotopic (exact) mass is 616 g/mol. The molecule has 2 N–H and O–H groups in total. The molecule has 6 aliphatic rings. The van der Waals surface area contributed by atoms with Crippen molar-refractivity contribution in [2.24, 2.45) is 34.5 Å². The summed E-state index contributed by atoms with van der Waals surface area (Å²) in [6.07, 6.45) is 15.3. The van der Waals surface area contributed by atoms with Crippen molar-refractivity contribution in [3.05, 3.63) is 39.2 Å². The summed E-state index contributed by atoms with van der Waals surface area (Å²) in [5, 5.41) is 14.5. The third kappa shape index (κ3) is 4.97. The summed E-state index contributed by atoms with van der Waals surface area (Å²) in [5.41, 5.74) is 5.80. The van der Waals surface area contributed by atoms with E-state index < -0.39 is 0 Å². The van der Waals surface area contributed by atoms with E-state index in [1.807, 2.05) is 0 Å². The van der Waals surface area contributed by atoms with E-state index in [0.717, 1.165) is 86.4 Å². The maximum atomic E-state index is 13.0. The van der Waals surface area contributed by atoms with Crippen LogP contribution >= 0.6 is 0 Å². The van der Waals surface area contributed by atoms with E-state index in [-0.39, 0.29) is 35.8 Å². The van der Waals surface area contributed by atoms with E-state index in [9.17, 15) is 14.7 Å². The second-order valence-electron chi connectivity index (χ2n) is 16.1. The Morgan fingerprint density at radius 1 is 1.02 bits per heavy atom. The lowest BCUT2D eigenvalue weighted by atomic mass is 9.45. The number of benzene rings is 1. The predicted molar refractivity (Wildman–Crippen MR) is 176 cm³/mol. The molecule has 45 heavy (non-hydrogen) atoms. The Hall–Kier alpha value is -2.38. The zero-order chi connectivity index (χ0) is 30.9. The van der Waals surface area contributed by atoms with Gasteiger partial charge in [0.25, 0.3) is 0 Å². The fraction of sp³-hybridized carbons (Fsp3) is 0.737. The number of carbonyl (C=O) groups excluding carboxylic acids is 1. The number of rotatable bonds is 6. The van der Waals surface area contributed by atoms with Gasteiger partial charge in [-0.3, -0.25) is 4.79 Å². The van der Waals surface area contributed by atoms with E-state index in [2.05, 4.69) is 30.1 Å². The molecule has 4 saturated carbocycles. The van der Waals surface area contributed by atoms with Crippen molar-refractivity contribution in [1.82, 2.24) is 5.32 Å². The predicted octanol–water partition coefficient (Wildman–Crippen LogP) is 5.94. The number of fused-ring (bicyclic) bond motifs is 7. The van der Waals surface area contributed by atoms with Crippen LogP contribution in [-0.2, 0) is 28.8 Å². The maximum Gasteiger partial charge on any atom is 0.336 e. The van der Waals surface area contributed by atoms with Crippen LogP contribution in [0.4, 0.5) is 5.69 Å². The third-order valence-corrected chi connectivity index (χ3v) is 14.0. The Bertz CT molecular complexity index is 1530. The molecule has 7 heteroatoms. The summed E-state index contributed by atoms with van der Waals surface area (Å²) < 4.78 is 12.3. The quantitative estimate of drug-likeness (QED) is 0.391. The number of nitrogens with one attached hydrogen (secondary N) is 1. The van der Waals surface area contributed by atoms with Gasteiger partial charge in [-0.2, -0.15) is 0 Å². The number of ether oxygens (including phenoxy) is 1. The molecule has 0 bridgehead atoms. The number of nitrogens with zero attached hydrogens (tertiary/aromatic N) is 1. The minimum Gasteiger partial charge on any atom is -0.422 e. The lowest BCUT2D eigenvalue weighted by molar-refractivity contribution is -0.147. The van der Waals surface area contributed by atoms with Crippen molar-refractivity contribution in [3.63, 3.8) is 0 Å². The van der Waals surface area contributed by atoms with E-state index in [1.165, 1.54) is 55.3 Å². The summed E-state index contributed by atoms with van der Waals surface area (Å²) in [5.74, 6) is 2.80. The summed E-state index contributed by atoms with van der Waals surface area (Å²) in [7, 11) is 0. The number of hydrogen-bond donors (Lipinski definition) is 2. The maximum absolute atomic E-state index is 13.0. The van der Waals surface area contributed by atoms with Crippen molar-refractivity contribution in [2.75, 3.05) is 31.1 Å². The molecule has 3 unspecified atom stereocenters. The molecule has 0 saturated heterocycles. The van der Waals surface area contributed by atoms with Crippen LogP contribution < -0.4 is 15.8 Å². The highest BCUT2D eigenvalue weighted by Gasteiger charge is 2.60. The molecule has 244 valence electrons. The Morgan fingerprint density at radius 3 is 2.69 bits per heavy atom. The summed E-state index contributed by atoms with van der Waals surface area (Å²) in [6.45, 7) is 7.72. The second kappa shape index (κ2) is 11.4. The Morgan fingerprint density at radius 2 is 1.82 bits per heavy atom. The van der Waals surface area contributed by atoms with Gasteiger partial charge in [0.05, 0.1) is 12.2 Å². The molecule has 0 spiro atoms. The SMILES string of the molecule is C[C@]12CCC3C(CC[C@H]4C[C@H](O)CC[C@]34C)C1CC[C@@H]2OCC(=O)NCCc1cc(=O)oc2c3c4c(cc12)CCCN4CCC3. The first kappa shape index (κ1) is 30.0. The topological polar surface area (TPSA) is 92.0 Å². The minimum absolute atomic E-state index is 0.0695. The smallest absolute Gasteiger partial charge is 0.336 e. The van der Waals surface area contributed by atoms with Gasteiger partial charge >= 0.3 is 5.63 Å². The number of aliphatic hydroxyl groups excluding tert-OH is 1. The largest absolute Gasteiger partial charge is 0.422 e. The van der Waals surface area contributed by atoms with Gasteiger partial charge in [-0.1, -0.05) is 13.8 Å². The van der Waals surface area contributed by atoms with Gasteiger partial charge in [-0.05, 0) is 142 Å². The van der Waals surface area contributed by atoms with Gasteiger partial charge in [-0.25, -0.2) is 4.79 Å². The number of aryl methyl sites for hydroxylation is 2. The number of hydrogen-bond acceptors (Lipinski definition) is 6. The average Bonchev–Trinajstić information content (AvgIpc) is 3.37. The molecule has 2 aromatic rings. The third-order valence-electron chi connectivity index (χ3n) is 14.0. The molecule has 0 radical (unpaired) electrons. The zero-order valence-electron chi connectivity index (χ0n) is 27.4.